The highest BCUT2D eigenvalue weighted by Gasteiger charge is 2.44. The molecule has 1 fully saturated rings. The van der Waals surface area contributed by atoms with Gasteiger partial charge in [0, 0.05) is 6.42 Å². The van der Waals surface area contributed by atoms with Crippen LogP contribution in [-0.2, 0) is 14.3 Å². The normalized spacial score (nSPS) is 20.3. The van der Waals surface area contributed by atoms with Gasteiger partial charge in [0.15, 0.2) is 6.29 Å². The van der Waals surface area contributed by atoms with E-state index in [2.05, 4.69) is 19.2 Å². The molecule has 1 rings (SSSR count). The van der Waals surface area contributed by atoms with Crippen LogP contribution in [0, 0.1) is 0 Å². The van der Waals surface area contributed by atoms with Gasteiger partial charge < -0.3 is 40.3 Å². The van der Waals surface area contributed by atoms with E-state index in [0.717, 1.165) is 38.5 Å². The first-order valence-electron chi connectivity index (χ1n) is 26.7. The Bertz CT molecular complexity index is 924. The van der Waals surface area contributed by atoms with Gasteiger partial charge >= 0.3 is 0 Å². The van der Waals surface area contributed by atoms with Crippen molar-refractivity contribution < 1.29 is 39.8 Å². The summed E-state index contributed by atoms with van der Waals surface area (Å²) in [5.41, 5.74) is 0. The number of carbonyl (C=O) groups excluding carboxylic acids is 1. The lowest BCUT2D eigenvalue weighted by Crippen LogP contribution is -2.60. The predicted octanol–water partition coefficient (Wildman–Crippen LogP) is 12.3. The van der Waals surface area contributed by atoms with Crippen molar-refractivity contribution in [3.63, 3.8) is 0 Å². The summed E-state index contributed by atoms with van der Waals surface area (Å²) in [5, 5.41) is 54.6. The second-order valence-electron chi connectivity index (χ2n) is 19.0. The minimum Gasteiger partial charge on any atom is -0.394 e. The molecule has 9 nitrogen and oxygen atoms in total. The molecular formula is C52H103NO8. The van der Waals surface area contributed by atoms with Gasteiger partial charge in [0.2, 0.25) is 5.91 Å². The summed E-state index contributed by atoms with van der Waals surface area (Å²) in [5.74, 6) is -0.137. The summed E-state index contributed by atoms with van der Waals surface area (Å²) in [6, 6.07) is -0.712. The molecule has 0 spiro atoms. The van der Waals surface area contributed by atoms with Gasteiger partial charge in [0.1, 0.15) is 24.4 Å². The molecule has 0 aromatic heterocycles. The largest absolute Gasteiger partial charge is 0.394 e. The Morgan fingerprint density at radius 3 is 1.16 bits per heavy atom. The van der Waals surface area contributed by atoms with Crippen LogP contribution in [0.25, 0.3) is 0 Å². The van der Waals surface area contributed by atoms with E-state index in [4.69, 9.17) is 9.47 Å². The van der Waals surface area contributed by atoms with Gasteiger partial charge in [0.05, 0.1) is 25.4 Å². The van der Waals surface area contributed by atoms with Crippen molar-refractivity contribution in [1.29, 1.82) is 0 Å². The number of nitrogens with one attached hydrogen (secondary N) is 1. The zero-order chi connectivity index (χ0) is 44.4. The summed E-state index contributed by atoms with van der Waals surface area (Å²) < 4.78 is 11.3. The molecule has 9 heteroatoms. The molecular weight excluding hydrogens is 767 g/mol. The van der Waals surface area contributed by atoms with Crippen LogP contribution in [0.2, 0.25) is 0 Å². The molecule has 7 unspecified atom stereocenters. The molecule has 1 heterocycles. The Balaban J connectivity index is 2.23. The zero-order valence-corrected chi connectivity index (χ0v) is 40.2. The average molecular weight is 870 g/mol. The SMILES string of the molecule is CCCCCCCCCCCCCCCCCCCCCCCC(=O)NC(COC1OC(CO)C(O)C(O)C1O)C(O)CCCCCCCCCCCCCCCCCCC. The molecule has 0 radical (unpaired) electrons. The molecule has 0 aromatic rings. The van der Waals surface area contributed by atoms with Crippen molar-refractivity contribution in [3.8, 4) is 0 Å². The van der Waals surface area contributed by atoms with E-state index in [1.807, 2.05) is 0 Å². The summed E-state index contributed by atoms with van der Waals surface area (Å²) in [6.07, 6.45) is 42.6. The Kier molecular flexibility index (Phi) is 41.1. The van der Waals surface area contributed by atoms with Gasteiger partial charge in [-0.3, -0.25) is 4.79 Å². The number of unbranched alkanes of at least 4 members (excludes halogenated alkanes) is 36. The molecule has 0 saturated carbocycles. The Hall–Kier alpha value is -0.810. The van der Waals surface area contributed by atoms with Crippen LogP contribution in [-0.4, -0.2) is 87.5 Å². The Morgan fingerprint density at radius 2 is 0.820 bits per heavy atom. The third-order valence-electron chi connectivity index (χ3n) is 13.2. The van der Waals surface area contributed by atoms with E-state index in [1.165, 1.54) is 205 Å². The van der Waals surface area contributed by atoms with Crippen LogP contribution >= 0.6 is 0 Å². The first kappa shape index (κ1) is 58.2. The van der Waals surface area contributed by atoms with Crippen molar-refractivity contribution in [2.45, 2.75) is 314 Å². The highest BCUT2D eigenvalue weighted by Crippen LogP contribution is 2.23. The van der Waals surface area contributed by atoms with Gasteiger partial charge in [-0.15, -0.1) is 0 Å². The lowest BCUT2D eigenvalue weighted by atomic mass is 9.99. The maximum atomic E-state index is 13.0. The average Bonchev–Trinajstić information content (AvgIpc) is 3.26. The van der Waals surface area contributed by atoms with E-state index in [9.17, 15) is 30.3 Å². The van der Waals surface area contributed by atoms with Crippen LogP contribution in [0.5, 0.6) is 0 Å². The standard InChI is InChI=1S/C52H103NO8/c1-3-5-7-9-11-13-15-17-19-21-22-23-24-26-28-30-32-34-36-38-40-42-48(56)53-45(44-60-52-51(59)50(58)49(57)47(43-54)61-52)46(55)41-39-37-35-33-31-29-27-25-20-18-16-14-12-10-8-6-4-2/h45-47,49-52,54-55,57-59H,3-44H2,1-2H3,(H,53,56). The van der Waals surface area contributed by atoms with Crippen LogP contribution in [0.1, 0.15) is 271 Å². The minimum absolute atomic E-state index is 0.131. The number of hydrogen-bond acceptors (Lipinski definition) is 8. The maximum Gasteiger partial charge on any atom is 0.220 e. The number of amides is 1. The fraction of sp³-hybridized carbons (Fsp3) is 0.981. The molecule has 1 aliphatic heterocycles. The number of carbonyl (C=O) groups is 1. The molecule has 0 aliphatic carbocycles. The molecule has 1 aliphatic rings. The second kappa shape index (κ2) is 43.1. The Labute approximate surface area is 376 Å². The van der Waals surface area contributed by atoms with E-state index >= 15 is 0 Å². The fourth-order valence-electron chi connectivity index (χ4n) is 8.93. The highest BCUT2D eigenvalue weighted by atomic mass is 16.7. The number of aliphatic hydroxyl groups excluding tert-OH is 5. The highest BCUT2D eigenvalue weighted by molar-refractivity contribution is 5.76. The van der Waals surface area contributed by atoms with Crippen molar-refractivity contribution in [2.75, 3.05) is 13.2 Å². The van der Waals surface area contributed by atoms with E-state index in [0.29, 0.717) is 12.8 Å². The second-order valence-corrected chi connectivity index (χ2v) is 19.0. The van der Waals surface area contributed by atoms with Gasteiger partial charge in [-0.1, -0.05) is 251 Å². The van der Waals surface area contributed by atoms with Gasteiger partial charge in [0.25, 0.3) is 0 Å². The molecule has 0 bridgehead atoms. The number of aliphatic hydroxyl groups is 5. The first-order valence-corrected chi connectivity index (χ1v) is 26.7. The number of hydrogen-bond donors (Lipinski definition) is 6. The smallest absolute Gasteiger partial charge is 0.220 e. The first-order chi connectivity index (χ1) is 29.8. The third kappa shape index (κ3) is 33.3. The van der Waals surface area contributed by atoms with E-state index in [-0.39, 0.29) is 12.5 Å². The predicted molar refractivity (Wildman–Crippen MR) is 254 cm³/mol. The Morgan fingerprint density at radius 1 is 0.492 bits per heavy atom. The van der Waals surface area contributed by atoms with Gasteiger partial charge in [-0.2, -0.15) is 0 Å². The zero-order valence-electron chi connectivity index (χ0n) is 40.2. The lowest BCUT2D eigenvalue weighted by Gasteiger charge is -2.40. The van der Waals surface area contributed by atoms with Crippen LogP contribution in [0.3, 0.4) is 0 Å². The molecule has 1 amide bonds. The van der Waals surface area contributed by atoms with Crippen molar-refractivity contribution in [2.24, 2.45) is 0 Å². The van der Waals surface area contributed by atoms with Crippen LogP contribution in [0.4, 0.5) is 0 Å². The van der Waals surface area contributed by atoms with Crippen LogP contribution < -0.4 is 5.32 Å². The summed E-state index contributed by atoms with van der Waals surface area (Å²) in [6.45, 7) is 3.87. The van der Waals surface area contributed by atoms with Crippen LogP contribution in [0.15, 0.2) is 0 Å². The minimum atomic E-state index is -1.55. The summed E-state index contributed by atoms with van der Waals surface area (Å²) >= 11 is 0. The number of ether oxygens (including phenoxy) is 2. The maximum absolute atomic E-state index is 13.0. The summed E-state index contributed by atoms with van der Waals surface area (Å²) in [4.78, 5) is 13.0. The van der Waals surface area contributed by atoms with E-state index in [1.54, 1.807) is 0 Å². The van der Waals surface area contributed by atoms with Gasteiger partial charge in [-0.05, 0) is 12.8 Å². The van der Waals surface area contributed by atoms with E-state index < -0.39 is 49.5 Å². The fourth-order valence-corrected chi connectivity index (χ4v) is 8.93. The molecule has 61 heavy (non-hydrogen) atoms. The monoisotopic (exact) mass is 870 g/mol. The molecule has 1 saturated heterocycles. The van der Waals surface area contributed by atoms with Crippen molar-refractivity contribution in [1.82, 2.24) is 5.32 Å². The molecule has 364 valence electrons. The third-order valence-corrected chi connectivity index (χ3v) is 13.2. The number of rotatable bonds is 46. The lowest BCUT2D eigenvalue weighted by molar-refractivity contribution is -0.302. The van der Waals surface area contributed by atoms with Crippen molar-refractivity contribution >= 4 is 5.91 Å². The molecule has 0 aromatic carbocycles. The van der Waals surface area contributed by atoms with Gasteiger partial charge in [-0.25, -0.2) is 0 Å². The molecule has 7 atom stereocenters. The topological polar surface area (TPSA) is 149 Å². The molecule has 6 N–H and O–H groups in total. The van der Waals surface area contributed by atoms with Crippen molar-refractivity contribution in [3.05, 3.63) is 0 Å². The summed E-state index contributed by atoms with van der Waals surface area (Å²) in [7, 11) is 0. The quantitative estimate of drug-likeness (QED) is 0.0331.